The predicted molar refractivity (Wildman–Crippen MR) is 86.3 cm³/mol. The molecule has 0 saturated carbocycles. The number of hydrogen-bond acceptors (Lipinski definition) is 5. The number of amides is 1. The number of aromatic amines is 1. The maximum Gasteiger partial charge on any atom is 0.316 e. The quantitative estimate of drug-likeness (QED) is 0.876. The van der Waals surface area contributed by atoms with Gasteiger partial charge in [0.1, 0.15) is 11.7 Å². The summed E-state index contributed by atoms with van der Waals surface area (Å²) < 4.78 is 6.51. The fourth-order valence-corrected chi connectivity index (χ4v) is 2.69. The number of carbonyl (C=O) groups excluding carboxylic acids is 1. The van der Waals surface area contributed by atoms with Gasteiger partial charge in [0, 0.05) is 25.1 Å². The summed E-state index contributed by atoms with van der Waals surface area (Å²) in [7, 11) is 0. The standard InChI is InChI=1S/C15H15BrN4O3/c16-10-7-18-15(19-8-10)23-11-3-2-6-20(9-11)14(22)12-4-1-5-17-13(12)21/h1,4-5,7-8,11H,2-3,6,9H2,(H,17,21). The van der Waals surface area contributed by atoms with E-state index in [1.54, 1.807) is 23.4 Å². The van der Waals surface area contributed by atoms with Gasteiger partial charge in [-0.2, -0.15) is 0 Å². The molecule has 3 rings (SSSR count). The van der Waals surface area contributed by atoms with Gasteiger partial charge >= 0.3 is 6.01 Å². The zero-order chi connectivity index (χ0) is 16.2. The summed E-state index contributed by atoms with van der Waals surface area (Å²) in [5.74, 6) is -0.281. The Kier molecular flexibility index (Phi) is 4.71. The lowest BCUT2D eigenvalue weighted by Gasteiger charge is -2.32. The largest absolute Gasteiger partial charge is 0.458 e. The van der Waals surface area contributed by atoms with Crippen molar-refractivity contribution in [2.45, 2.75) is 18.9 Å². The molecule has 1 unspecified atom stereocenters. The van der Waals surface area contributed by atoms with E-state index in [-0.39, 0.29) is 29.1 Å². The van der Waals surface area contributed by atoms with Crippen LogP contribution in [0.1, 0.15) is 23.2 Å². The second-order valence-electron chi connectivity index (χ2n) is 5.23. The van der Waals surface area contributed by atoms with Gasteiger partial charge < -0.3 is 14.6 Å². The van der Waals surface area contributed by atoms with Gasteiger partial charge in [-0.15, -0.1) is 0 Å². The van der Waals surface area contributed by atoms with Gasteiger partial charge in [0.2, 0.25) is 0 Å². The molecule has 0 spiro atoms. The number of rotatable bonds is 3. The molecule has 23 heavy (non-hydrogen) atoms. The summed E-state index contributed by atoms with van der Waals surface area (Å²) in [4.78, 5) is 36.5. The number of nitrogens with zero attached hydrogens (tertiary/aromatic N) is 3. The van der Waals surface area contributed by atoms with Crippen molar-refractivity contribution in [2.24, 2.45) is 0 Å². The lowest BCUT2D eigenvalue weighted by atomic mass is 10.1. The minimum Gasteiger partial charge on any atom is -0.458 e. The summed E-state index contributed by atoms with van der Waals surface area (Å²) >= 11 is 3.27. The second-order valence-corrected chi connectivity index (χ2v) is 6.15. The predicted octanol–water partition coefficient (Wildman–Crippen LogP) is 1.61. The van der Waals surface area contributed by atoms with Gasteiger partial charge in [0.05, 0.1) is 11.0 Å². The zero-order valence-electron chi connectivity index (χ0n) is 12.2. The number of nitrogens with one attached hydrogen (secondary N) is 1. The average Bonchev–Trinajstić information content (AvgIpc) is 2.57. The van der Waals surface area contributed by atoms with Crippen molar-refractivity contribution >= 4 is 21.8 Å². The number of aromatic nitrogens is 3. The summed E-state index contributed by atoms with van der Waals surface area (Å²) in [5, 5.41) is 0. The highest BCUT2D eigenvalue weighted by Gasteiger charge is 2.27. The van der Waals surface area contributed by atoms with Crippen molar-refractivity contribution in [3.05, 3.63) is 51.1 Å². The Morgan fingerprint density at radius 3 is 2.91 bits per heavy atom. The minimum absolute atomic E-state index is 0.146. The van der Waals surface area contributed by atoms with E-state index in [1.807, 2.05) is 0 Å². The Balaban J connectivity index is 1.68. The summed E-state index contributed by atoms with van der Waals surface area (Å²) in [6.45, 7) is 1.01. The number of likely N-dealkylation sites (tertiary alicyclic amines) is 1. The molecule has 1 amide bonds. The fourth-order valence-electron chi connectivity index (χ4n) is 2.49. The third-order valence-corrected chi connectivity index (χ3v) is 3.99. The number of halogens is 1. The number of piperidine rings is 1. The van der Waals surface area contributed by atoms with E-state index in [9.17, 15) is 9.59 Å². The average molecular weight is 379 g/mol. The Bertz CT molecular complexity index is 747. The van der Waals surface area contributed by atoms with E-state index in [0.29, 0.717) is 13.1 Å². The van der Waals surface area contributed by atoms with Crippen molar-refractivity contribution in [3.63, 3.8) is 0 Å². The van der Waals surface area contributed by atoms with Crippen LogP contribution in [0.2, 0.25) is 0 Å². The Morgan fingerprint density at radius 1 is 1.39 bits per heavy atom. The molecule has 0 bridgehead atoms. The molecular formula is C15H15BrN4O3. The van der Waals surface area contributed by atoms with Crippen LogP contribution in [0.5, 0.6) is 6.01 Å². The van der Waals surface area contributed by atoms with Crippen LogP contribution in [0.15, 0.2) is 40.0 Å². The SMILES string of the molecule is O=C(c1ccc[nH]c1=O)N1CCCC(Oc2ncc(Br)cn2)C1. The molecule has 0 aliphatic carbocycles. The highest BCUT2D eigenvalue weighted by atomic mass is 79.9. The van der Waals surface area contributed by atoms with Crippen LogP contribution in [-0.2, 0) is 0 Å². The molecule has 1 fully saturated rings. The van der Waals surface area contributed by atoms with Crippen LogP contribution < -0.4 is 10.3 Å². The van der Waals surface area contributed by atoms with Crippen molar-refractivity contribution < 1.29 is 9.53 Å². The van der Waals surface area contributed by atoms with E-state index in [4.69, 9.17) is 4.74 Å². The van der Waals surface area contributed by atoms with Crippen LogP contribution in [0, 0.1) is 0 Å². The molecule has 1 aliphatic rings. The molecule has 8 heteroatoms. The first-order valence-corrected chi connectivity index (χ1v) is 8.04. The van der Waals surface area contributed by atoms with Crippen LogP contribution in [0.4, 0.5) is 0 Å². The van der Waals surface area contributed by atoms with Crippen LogP contribution in [-0.4, -0.2) is 45.0 Å². The van der Waals surface area contributed by atoms with Gasteiger partial charge in [0.25, 0.3) is 11.5 Å². The molecular weight excluding hydrogens is 364 g/mol. The molecule has 1 saturated heterocycles. The molecule has 0 radical (unpaired) electrons. The molecule has 1 N–H and O–H groups in total. The lowest BCUT2D eigenvalue weighted by Crippen LogP contribution is -2.45. The lowest BCUT2D eigenvalue weighted by molar-refractivity contribution is 0.0514. The molecule has 2 aromatic heterocycles. The molecule has 7 nitrogen and oxygen atoms in total. The van der Waals surface area contributed by atoms with Crippen molar-refractivity contribution in [1.29, 1.82) is 0 Å². The van der Waals surface area contributed by atoms with E-state index >= 15 is 0 Å². The fraction of sp³-hybridized carbons (Fsp3) is 0.333. The Morgan fingerprint density at radius 2 is 2.17 bits per heavy atom. The van der Waals surface area contributed by atoms with Gasteiger partial charge in [-0.3, -0.25) is 9.59 Å². The summed E-state index contributed by atoms with van der Waals surface area (Å²) in [5.41, 5.74) is -0.232. The van der Waals surface area contributed by atoms with Crippen molar-refractivity contribution in [3.8, 4) is 6.01 Å². The molecule has 3 heterocycles. The summed E-state index contributed by atoms with van der Waals surface area (Å²) in [6, 6.07) is 3.45. The first-order chi connectivity index (χ1) is 11.1. The molecule has 1 atom stereocenters. The normalized spacial score (nSPS) is 17.8. The van der Waals surface area contributed by atoms with Crippen molar-refractivity contribution in [2.75, 3.05) is 13.1 Å². The minimum atomic E-state index is -0.378. The first kappa shape index (κ1) is 15.7. The Hall–Kier alpha value is -2.22. The van der Waals surface area contributed by atoms with Crippen LogP contribution in [0.25, 0.3) is 0 Å². The van der Waals surface area contributed by atoms with Gasteiger partial charge in [-0.05, 0) is 40.9 Å². The van der Waals surface area contributed by atoms with Gasteiger partial charge in [-0.1, -0.05) is 0 Å². The third-order valence-electron chi connectivity index (χ3n) is 3.58. The van der Waals surface area contributed by atoms with Crippen LogP contribution in [0.3, 0.4) is 0 Å². The van der Waals surface area contributed by atoms with Crippen molar-refractivity contribution in [1.82, 2.24) is 19.9 Å². The number of H-pyrrole nitrogens is 1. The van der Waals surface area contributed by atoms with E-state index in [0.717, 1.165) is 17.3 Å². The maximum absolute atomic E-state index is 12.5. The maximum atomic E-state index is 12.5. The van der Waals surface area contributed by atoms with E-state index in [2.05, 4.69) is 30.9 Å². The molecule has 1 aliphatic heterocycles. The molecule has 2 aromatic rings. The highest BCUT2D eigenvalue weighted by Crippen LogP contribution is 2.17. The molecule has 120 valence electrons. The number of pyridine rings is 1. The smallest absolute Gasteiger partial charge is 0.316 e. The van der Waals surface area contributed by atoms with Gasteiger partial charge in [-0.25, -0.2) is 9.97 Å². The van der Waals surface area contributed by atoms with Crippen LogP contribution >= 0.6 is 15.9 Å². The highest BCUT2D eigenvalue weighted by molar-refractivity contribution is 9.10. The van der Waals surface area contributed by atoms with Gasteiger partial charge in [0.15, 0.2) is 0 Å². The third kappa shape index (κ3) is 3.76. The van der Waals surface area contributed by atoms with E-state index < -0.39 is 0 Å². The zero-order valence-corrected chi connectivity index (χ0v) is 13.8. The number of ether oxygens (including phenoxy) is 1. The first-order valence-electron chi connectivity index (χ1n) is 7.24. The molecule has 0 aromatic carbocycles. The van der Waals surface area contributed by atoms with E-state index in [1.165, 1.54) is 12.3 Å². The second kappa shape index (κ2) is 6.91. The monoisotopic (exact) mass is 378 g/mol. The Labute approximate surface area is 140 Å². The number of carbonyl (C=O) groups is 1. The topological polar surface area (TPSA) is 88.2 Å². The summed E-state index contributed by atoms with van der Waals surface area (Å²) in [6.07, 6.45) is 6.16. The number of hydrogen-bond donors (Lipinski definition) is 1.